The zero-order valence-corrected chi connectivity index (χ0v) is 16.0. The van der Waals surface area contributed by atoms with Crippen molar-refractivity contribution in [2.45, 2.75) is 23.6 Å². The lowest BCUT2D eigenvalue weighted by Gasteiger charge is -2.12. The Morgan fingerprint density at radius 1 is 0.885 bits per heavy atom. The van der Waals surface area contributed by atoms with Crippen LogP contribution in [0.2, 0.25) is 0 Å². The fourth-order valence-electron chi connectivity index (χ4n) is 2.20. The van der Waals surface area contributed by atoms with Crippen LogP contribution in [0.25, 0.3) is 0 Å². The van der Waals surface area contributed by atoms with Crippen LogP contribution in [0.3, 0.4) is 0 Å². The van der Waals surface area contributed by atoms with Gasteiger partial charge in [0.1, 0.15) is 0 Å². The maximum absolute atomic E-state index is 12.6. The Morgan fingerprint density at radius 2 is 1.46 bits per heavy atom. The number of hydrogen-bond acceptors (Lipinski definition) is 5. The molecule has 0 fully saturated rings. The molecule has 0 atom stereocenters. The lowest BCUT2D eigenvalue weighted by molar-refractivity contribution is -0.114. The number of nitrogens with one attached hydrogen (secondary N) is 3. The minimum Gasteiger partial charge on any atom is -0.326 e. The van der Waals surface area contributed by atoms with E-state index in [-0.39, 0.29) is 21.4 Å². The number of carbonyl (C=O) groups is 1. The van der Waals surface area contributed by atoms with E-state index in [0.717, 1.165) is 0 Å². The van der Waals surface area contributed by atoms with E-state index in [1.807, 2.05) is 0 Å². The van der Waals surface area contributed by atoms with Crippen molar-refractivity contribution in [3.63, 3.8) is 0 Å². The quantitative estimate of drug-likeness (QED) is 0.684. The highest BCUT2D eigenvalue weighted by Gasteiger charge is 2.19. The van der Waals surface area contributed by atoms with Crippen molar-refractivity contribution < 1.29 is 21.6 Å². The monoisotopic (exact) mass is 397 g/mol. The molecule has 0 aromatic heterocycles. The van der Waals surface area contributed by atoms with Crippen molar-refractivity contribution in [3.8, 4) is 0 Å². The van der Waals surface area contributed by atoms with Gasteiger partial charge in [0, 0.05) is 18.3 Å². The number of sulfonamides is 2. The smallest absolute Gasteiger partial charge is 0.262 e. The van der Waals surface area contributed by atoms with Crippen LogP contribution in [0.1, 0.15) is 12.5 Å². The number of amides is 1. The Balaban J connectivity index is 2.33. The first-order chi connectivity index (χ1) is 12.0. The van der Waals surface area contributed by atoms with Gasteiger partial charge in [-0.3, -0.25) is 9.52 Å². The van der Waals surface area contributed by atoms with E-state index >= 15 is 0 Å². The second-order valence-electron chi connectivity index (χ2n) is 5.50. The van der Waals surface area contributed by atoms with E-state index in [0.29, 0.717) is 11.3 Å². The summed E-state index contributed by atoms with van der Waals surface area (Å²) in [5.41, 5.74) is 1.07. The molecule has 2 rings (SSSR count). The summed E-state index contributed by atoms with van der Waals surface area (Å²) in [6.45, 7) is 2.96. The van der Waals surface area contributed by atoms with Crippen LogP contribution in [0.15, 0.2) is 52.3 Å². The molecule has 8 nitrogen and oxygen atoms in total. The third-order valence-corrected chi connectivity index (χ3v) is 6.44. The van der Waals surface area contributed by atoms with Crippen LogP contribution in [0.4, 0.5) is 11.4 Å². The average molecular weight is 397 g/mol. The first kappa shape index (κ1) is 19.9. The van der Waals surface area contributed by atoms with E-state index in [2.05, 4.69) is 14.8 Å². The fourth-order valence-corrected chi connectivity index (χ4v) is 4.26. The normalized spacial score (nSPS) is 11.8. The maximum atomic E-state index is 12.6. The highest BCUT2D eigenvalue weighted by molar-refractivity contribution is 7.92. The van der Waals surface area contributed by atoms with E-state index in [9.17, 15) is 21.6 Å². The van der Waals surface area contributed by atoms with E-state index in [1.165, 1.54) is 44.3 Å². The molecule has 0 unspecified atom stereocenters. The fraction of sp³-hybridized carbons (Fsp3) is 0.188. The van der Waals surface area contributed by atoms with Crippen LogP contribution in [0.5, 0.6) is 0 Å². The largest absolute Gasteiger partial charge is 0.326 e. The number of hydrogen-bond donors (Lipinski definition) is 3. The summed E-state index contributed by atoms with van der Waals surface area (Å²) in [5, 5.41) is 2.53. The van der Waals surface area contributed by atoms with Gasteiger partial charge in [0.05, 0.1) is 9.79 Å². The molecular formula is C16H19N3O5S2. The first-order valence-corrected chi connectivity index (χ1v) is 10.5. The number of rotatable bonds is 6. The summed E-state index contributed by atoms with van der Waals surface area (Å²) in [4.78, 5) is 11.2. The molecule has 140 valence electrons. The molecule has 0 saturated carbocycles. The summed E-state index contributed by atoms with van der Waals surface area (Å²) < 4.78 is 53.3. The molecule has 0 bridgehead atoms. The minimum atomic E-state index is -3.92. The molecular weight excluding hydrogens is 378 g/mol. The Bertz CT molecular complexity index is 1030. The molecule has 2 aromatic rings. The Hall–Kier alpha value is -2.43. The van der Waals surface area contributed by atoms with Gasteiger partial charge >= 0.3 is 0 Å². The number of anilines is 2. The molecule has 26 heavy (non-hydrogen) atoms. The Morgan fingerprint density at radius 3 is 2.00 bits per heavy atom. The molecule has 0 spiro atoms. The summed E-state index contributed by atoms with van der Waals surface area (Å²) in [7, 11) is -6.24. The molecule has 2 aromatic carbocycles. The zero-order valence-electron chi connectivity index (χ0n) is 14.4. The summed E-state index contributed by atoms with van der Waals surface area (Å²) in [6.07, 6.45) is 0. The summed E-state index contributed by atoms with van der Waals surface area (Å²) >= 11 is 0. The van der Waals surface area contributed by atoms with E-state index in [1.54, 1.807) is 19.1 Å². The lowest BCUT2D eigenvalue weighted by Crippen LogP contribution is -2.19. The average Bonchev–Trinajstić information content (AvgIpc) is 2.56. The topological polar surface area (TPSA) is 121 Å². The standard InChI is InChI=1S/C16H19N3O5S2/c1-11-4-5-14(18-12(2)20)10-16(11)26(23,24)19-13-6-8-15(9-7-13)25(21,22)17-3/h4-10,17,19H,1-3H3,(H,18,20). The van der Waals surface area contributed by atoms with Crippen molar-refractivity contribution >= 4 is 37.3 Å². The van der Waals surface area contributed by atoms with Gasteiger partial charge in [0.2, 0.25) is 15.9 Å². The van der Waals surface area contributed by atoms with Gasteiger partial charge in [0.25, 0.3) is 10.0 Å². The van der Waals surface area contributed by atoms with Crippen LogP contribution in [-0.2, 0) is 24.8 Å². The van der Waals surface area contributed by atoms with Crippen LogP contribution in [-0.4, -0.2) is 29.8 Å². The van der Waals surface area contributed by atoms with Crippen LogP contribution in [0, 0.1) is 6.92 Å². The van der Waals surface area contributed by atoms with Crippen LogP contribution >= 0.6 is 0 Å². The zero-order chi connectivity index (χ0) is 19.5. The van der Waals surface area contributed by atoms with Crippen LogP contribution < -0.4 is 14.8 Å². The van der Waals surface area contributed by atoms with Gasteiger partial charge in [-0.1, -0.05) is 6.07 Å². The minimum absolute atomic E-state index is 0.00988. The molecule has 0 aliphatic rings. The number of benzene rings is 2. The molecule has 1 amide bonds. The second kappa shape index (κ2) is 7.44. The molecule has 0 saturated heterocycles. The predicted octanol–water partition coefficient (Wildman–Crippen LogP) is 1.66. The molecule has 0 aliphatic carbocycles. The molecule has 10 heteroatoms. The second-order valence-corrected chi connectivity index (χ2v) is 9.04. The third kappa shape index (κ3) is 4.59. The molecule has 0 heterocycles. The molecule has 0 radical (unpaired) electrons. The van der Waals surface area contributed by atoms with Gasteiger partial charge in [-0.25, -0.2) is 21.6 Å². The maximum Gasteiger partial charge on any atom is 0.262 e. The SMILES string of the molecule is CNS(=O)(=O)c1ccc(NS(=O)(=O)c2cc(NC(C)=O)ccc2C)cc1. The van der Waals surface area contributed by atoms with Gasteiger partial charge in [0.15, 0.2) is 0 Å². The van der Waals surface area contributed by atoms with Gasteiger partial charge in [-0.2, -0.15) is 0 Å². The van der Waals surface area contributed by atoms with Crippen molar-refractivity contribution in [1.82, 2.24) is 4.72 Å². The van der Waals surface area contributed by atoms with Crippen molar-refractivity contribution in [1.29, 1.82) is 0 Å². The highest BCUT2D eigenvalue weighted by Crippen LogP contribution is 2.23. The lowest BCUT2D eigenvalue weighted by atomic mass is 10.2. The van der Waals surface area contributed by atoms with Crippen molar-refractivity contribution in [2.24, 2.45) is 0 Å². The van der Waals surface area contributed by atoms with Gasteiger partial charge in [-0.05, 0) is 55.9 Å². The predicted molar refractivity (Wildman–Crippen MR) is 99.0 cm³/mol. The van der Waals surface area contributed by atoms with E-state index < -0.39 is 20.0 Å². The Kier molecular flexibility index (Phi) is 5.69. The summed E-state index contributed by atoms with van der Waals surface area (Å²) in [6, 6.07) is 9.85. The van der Waals surface area contributed by atoms with Crippen molar-refractivity contribution in [3.05, 3.63) is 48.0 Å². The Labute approximate surface area is 152 Å². The van der Waals surface area contributed by atoms with Crippen molar-refractivity contribution in [2.75, 3.05) is 17.1 Å². The number of carbonyl (C=O) groups excluding carboxylic acids is 1. The summed E-state index contributed by atoms with van der Waals surface area (Å²) in [5.74, 6) is -0.313. The van der Waals surface area contributed by atoms with Gasteiger partial charge < -0.3 is 5.32 Å². The third-order valence-electron chi connectivity index (χ3n) is 3.48. The molecule has 0 aliphatic heterocycles. The molecule has 3 N–H and O–H groups in total. The first-order valence-electron chi connectivity index (χ1n) is 7.50. The number of aryl methyl sites for hydroxylation is 1. The highest BCUT2D eigenvalue weighted by atomic mass is 32.2. The van der Waals surface area contributed by atoms with Gasteiger partial charge in [-0.15, -0.1) is 0 Å². The van der Waals surface area contributed by atoms with E-state index in [4.69, 9.17) is 0 Å².